The van der Waals surface area contributed by atoms with Crippen molar-refractivity contribution >= 4 is 12.0 Å². The first kappa shape index (κ1) is 14.4. The zero-order valence-corrected chi connectivity index (χ0v) is 11.7. The number of nitrogens with one attached hydrogen (secondary N) is 2. The summed E-state index contributed by atoms with van der Waals surface area (Å²) in [5.41, 5.74) is 0.130. The lowest BCUT2D eigenvalue weighted by Crippen LogP contribution is -2.45. The summed E-state index contributed by atoms with van der Waals surface area (Å²) >= 11 is 0. The van der Waals surface area contributed by atoms with Crippen LogP contribution in [0.5, 0.6) is 0 Å². The zero-order valence-electron chi connectivity index (χ0n) is 11.7. The minimum absolute atomic E-state index is 0.130. The first-order valence-electron chi connectivity index (χ1n) is 6.84. The highest BCUT2D eigenvalue weighted by Gasteiger charge is 2.25. The summed E-state index contributed by atoms with van der Waals surface area (Å²) in [5.74, 6) is 0.328. The summed E-state index contributed by atoms with van der Waals surface area (Å²) in [6.07, 6.45) is 3.57. The molecule has 0 radical (unpaired) electrons. The smallest absolute Gasteiger partial charge is 0.339 e. The first-order chi connectivity index (χ1) is 9.47. The van der Waals surface area contributed by atoms with Gasteiger partial charge >= 0.3 is 12.0 Å². The van der Waals surface area contributed by atoms with Crippen molar-refractivity contribution in [2.75, 3.05) is 0 Å². The molecular formula is C14H20N2O4. The second-order valence-corrected chi connectivity index (χ2v) is 5.29. The highest BCUT2D eigenvalue weighted by molar-refractivity contribution is 5.88. The van der Waals surface area contributed by atoms with Crippen LogP contribution < -0.4 is 10.6 Å². The summed E-state index contributed by atoms with van der Waals surface area (Å²) in [6.45, 7) is 3.77. The molecule has 1 atom stereocenters. The van der Waals surface area contributed by atoms with Crippen LogP contribution in [0.1, 0.15) is 48.1 Å². The van der Waals surface area contributed by atoms with Crippen LogP contribution in [-0.2, 0) is 6.54 Å². The molecule has 2 rings (SSSR count). The summed E-state index contributed by atoms with van der Waals surface area (Å²) in [7, 11) is 0. The molecule has 6 nitrogen and oxygen atoms in total. The van der Waals surface area contributed by atoms with Crippen molar-refractivity contribution in [1.29, 1.82) is 0 Å². The number of carbonyl (C=O) groups is 2. The van der Waals surface area contributed by atoms with Gasteiger partial charge in [0.15, 0.2) is 0 Å². The van der Waals surface area contributed by atoms with Crippen molar-refractivity contribution < 1.29 is 19.1 Å². The third kappa shape index (κ3) is 3.31. The number of amides is 2. The minimum atomic E-state index is -1.03. The molecule has 0 aliphatic heterocycles. The van der Waals surface area contributed by atoms with Crippen LogP contribution in [0.2, 0.25) is 0 Å². The van der Waals surface area contributed by atoms with Crippen molar-refractivity contribution in [2.45, 2.75) is 45.7 Å². The highest BCUT2D eigenvalue weighted by atomic mass is 16.4. The average molecular weight is 280 g/mol. The molecule has 1 unspecified atom stereocenters. The molecule has 1 aliphatic carbocycles. The number of furan rings is 1. The maximum Gasteiger partial charge on any atom is 0.339 e. The minimum Gasteiger partial charge on any atom is -0.478 e. The van der Waals surface area contributed by atoms with Gasteiger partial charge in [-0.3, -0.25) is 0 Å². The third-order valence-electron chi connectivity index (χ3n) is 3.84. The Labute approximate surface area is 117 Å². The van der Waals surface area contributed by atoms with Gasteiger partial charge < -0.3 is 20.2 Å². The number of aryl methyl sites for hydroxylation is 1. The third-order valence-corrected chi connectivity index (χ3v) is 3.84. The summed E-state index contributed by atoms with van der Waals surface area (Å²) < 4.78 is 5.29. The SMILES string of the molecule is Cc1oc(CNC(=O)NC(C)C2CCC2)cc1C(=O)O. The number of hydrogen-bond acceptors (Lipinski definition) is 3. The van der Waals surface area contributed by atoms with E-state index in [-0.39, 0.29) is 24.2 Å². The molecule has 6 heteroatoms. The van der Waals surface area contributed by atoms with Crippen LogP contribution in [0, 0.1) is 12.8 Å². The fourth-order valence-corrected chi connectivity index (χ4v) is 2.33. The van der Waals surface area contributed by atoms with Gasteiger partial charge in [0.25, 0.3) is 0 Å². The van der Waals surface area contributed by atoms with Gasteiger partial charge in [-0.25, -0.2) is 9.59 Å². The van der Waals surface area contributed by atoms with E-state index < -0.39 is 5.97 Å². The Morgan fingerprint density at radius 1 is 1.50 bits per heavy atom. The Kier molecular flexibility index (Phi) is 4.32. The Morgan fingerprint density at radius 2 is 2.20 bits per heavy atom. The molecule has 3 N–H and O–H groups in total. The van der Waals surface area contributed by atoms with Gasteiger partial charge in [0.2, 0.25) is 0 Å². The van der Waals surface area contributed by atoms with Gasteiger partial charge in [-0.2, -0.15) is 0 Å². The van der Waals surface area contributed by atoms with Crippen molar-refractivity contribution in [2.24, 2.45) is 5.92 Å². The number of aromatic carboxylic acids is 1. The van der Waals surface area contributed by atoms with Gasteiger partial charge in [-0.15, -0.1) is 0 Å². The Morgan fingerprint density at radius 3 is 2.70 bits per heavy atom. The van der Waals surface area contributed by atoms with E-state index in [0.717, 1.165) is 0 Å². The fourth-order valence-electron chi connectivity index (χ4n) is 2.33. The van der Waals surface area contributed by atoms with Crippen LogP contribution in [0.4, 0.5) is 4.79 Å². The number of carboxylic acid groups (broad SMARTS) is 1. The quantitative estimate of drug-likeness (QED) is 0.771. The predicted octanol–water partition coefficient (Wildman–Crippen LogP) is 2.27. The number of rotatable bonds is 5. The van der Waals surface area contributed by atoms with Crippen molar-refractivity contribution in [3.8, 4) is 0 Å². The van der Waals surface area contributed by atoms with Crippen LogP contribution >= 0.6 is 0 Å². The van der Waals surface area contributed by atoms with E-state index in [1.807, 2.05) is 6.92 Å². The van der Waals surface area contributed by atoms with Crippen molar-refractivity contribution in [3.63, 3.8) is 0 Å². The normalized spacial score (nSPS) is 16.3. The number of urea groups is 1. The van der Waals surface area contributed by atoms with Gasteiger partial charge in [-0.05, 0) is 38.7 Å². The number of hydrogen-bond donors (Lipinski definition) is 3. The molecule has 110 valence electrons. The molecule has 0 spiro atoms. The van der Waals surface area contributed by atoms with E-state index in [2.05, 4.69) is 10.6 Å². The van der Waals surface area contributed by atoms with Crippen LogP contribution in [0.25, 0.3) is 0 Å². The second-order valence-electron chi connectivity index (χ2n) is 5.29. The van der Waals surface area contributed by atoms with Crippen molar-refractivity contribution in [1.82, 2.24) is 10.6 Å². The molecule has 1 saturated carbocycles. The Hall–Kier alpha value is -1.98. The van der Waals surface area contributed by atoms with E-state index in [1.165, 1.54) is 25.3 Å². The average Bonchev–Trinajstić information content (AvgIpc) is 2.65. The number of carbonyl (C=O) groups excluding carboxylic acids is 1. The molecule has 0 aromatic carbocycles. The highest BCUT2D eigenvalue weighted by Crippen LogP contribution is 2.29. The molecule has 0 saturated heterocycles. The van der Waals surface area contributed by atoms with E-state index in [1.54, 1.807) is 6.92 Å². The van der Waals surface area contributed by atoms with Crippen molar-refractivity contribution in [3.05, 3.63) is 23.2 Å². The molecule has 1 aromatic heterocycles. The fraction of sp³-hybridized carbons (Fsp3) is 0.571. The van der Waals surface area contributed by atoms with Crippen LogP contribution in [-0.4, -0.2) is 23.1 Å². The molecule has 1 heterocycles. The summed E-state index contributed by atoms with van der Waals surface area (Å²) in [5, 5.41) is 14.5. The monoisotopic (exact) mass is 280 g/mol. The molecule has 1 aromatic rings. The molecular weight excluding hydrogens is 260 g/mol. The number of carboxylic acids is 1. The maximum absolute atomic E-state index is 11.7. The van der Waals surface area contributed by atoms with Crippen LogP contribution in [0.3, 0.4) is 0 Å². The van der Waals surface area contributed by atoms with Gasteiger partial charge in [-0.1, -0.05) is 6.42 Å². The van der Waals surface area contributed by atoms with Gasteiger partial charge in [0.05, 0.1) is 6.54 Å². The largest absolute Gasteiger partial charge is 0.478 e. The lowest BCUT2D eigenvalue weighted by molar-refractivity contribution is 0.0695. The Balaban J connectivity index is 1.80. The van der Waals surface area contributed by atoms with E-state index in [4.69, 9.17) is 9.52 Å². The second kappa shape index (κ2) is 5.98. The van der Waals surface area contributed by atoms with E-state index in [9.17, 15) is 9.59 Å². The Bertz CT molecular complexity index is 505. The zero-order chi connectivity index (χ0) is 14.7. The molecule has 1 aliphatic rings. The van der Waals surface area contributed by atoms with E-state index in [0.29, 0.717) is 17.4 Å². The maximum atomic E-state index is 11.7. The topological polar surface area (TPSA) is 91.6 Å². The molecule has 1 fully saturated rings. The molecule has 20 heavy (non-hydrogen) atoms. The lowest BCUT2D eigenvalue weighted by Gasteiger charge is -2.31. The first-order valence-corrected chi connectivity index (χ1v) is 6.84. The van der Waals surface area contributed by atoms with Gasteiger partial charge in [0.1, 0.15) is 17.1 Å². The summed E-state index contributed by atoms with van der Waals surface area (Å²) in [6, 6.07) is 1.35. The predicted molar refractivity (Wildman–Crippen MR) is 72.6 cm³/mol. The molecule has 2 amide bonds. The summed E-state index contributed by atoms with van der Waals surface area (Å²) in [4.78, 5) is 22.6. The standard InChI is InChI=1S/C14H20N2O4/c1-8(10-4-3-5-10)16-14(19)15-7-11-6-12(13(17)18)9(2)20-11/h6,8,10H,3-5,7H2,1-2H3,(H,17,18)(H2,15,16,19). The molecule has 0 bridgehead atoms. The van der Waals surface area contributed by atoms with Gasteiger partial charge in [0, 0.05) is 6.04 Å². The lowest BCUT2D eigenvalue weighted by atomic mass is 9.80. The van der Waals surface area contributed by atoms with Crippen LogP contribution in [0.15, 0.2) is 10.5 Å². The van der Waals surface area contributed by atoms with E-state index >= 15 is 0 Å².